The molecule has 0 saturated carbocycles. The van der Waals surface area contributed by atoms with E-state index in [-0.39, 0.29) is 5.92 Å². The van der Waals surface area contributed by atoms with E-state index in [4.69, 9.17) is 10.5 Å². The maximum absolute atomic E-state index is 10.1. The zero-order valence-electron chi connectivity index (χ0n) is 8.73. The first-order valence-corrected chi connectivity index (χ1v) is 5.06. The summed E-state index contributed by atoms with van der Waals surface area (Å²) in [6, 6.07) is 5.65. The van der Waals surface area contributed by atoms with Crippen molar-refractivity contribution in [1.29, 1.82) is 0 Å². The minimum absolute atomic E-state index is 0.0737. The Bertz CT molecular complexity index is 354. The molecule has 1 heterocycles. The van der Waals surface area contributed by atoms with Crippen molar-refractivity contribution >= 4 is 5.69 Å². The number of hydrogen-bond donors (Lipinski definition) is 3. The van der Waals surface area contributed by atoms with E-state index >= 15 is 0 Å². The first-order chi connectivity index (χ1) is 7.27. The van der Waals surface area contributed by atoms with Crippen LogP contribution in [0.2, 0.25) is 0 Å². The van der Waals surface area contributed by atoms with Crippen molar-refractivity contribution in [3.05, 3.63) is 23.8 Å². The van der Waals surface area contributed by atoms with Gasteiger partial charge >= 0.3 is 0 Å². The number of anilines is 1. The van der Waals surface area contributed by atoms with Crippen LogP contribution in [0.4, 0.5) is 5.69 Å². The summed E-state index contributed by atoms with van der Waals surface area (Å²) in [5.74, 6) is 0.839. The van der Waals surface area contributed by atoms with Gasteiger partial charge in [-0.3, -0.25) is 0 Å². The third-order valence-electron chi connectivity index (χ3n) is 2.89. The van der Waals surface area contributed by atoms with Crippen molar-refractivity contribution in [3.63, 3.8) is 0 Å². The number of fused-ring (bicyclic) bond motifs is 1. The van der Waals surface area contributed by atoms with Crippen LogP contribution in [0, 0.1) is 5.92 Å². The highest BCUT2D eigenvalue weighted by Gasteiger charge is 2.28. The molecule has 0 bridgehead atoms. The molecule has 0 radical (unpaired) electrons. The van der Waals surface area contributed by atoms with E-state index in [0.717, 1.165) is 17.0 Å². The summed E-state index contributed by atoms with van der Waals surface area (Å²) in [6.07, 6.45) is -0.499. The second kappa shape index (κ2) is 4.08. The highest BCUT2D eigenvalue weighted by atomic mass is 16.5. The molecule has 2 rings (SSSR count). The van der Waals surface area contributed by atoms with Crippen molar-refractivity contribution in [2.24, 2.45) is 11.7 Å². The second-order valence-corrected chi connectivity index (χ2v) is 3.75. The number of aliphatic hydroxyl groups is 1. The third kappa shape index (κ3) is 1.66. The van der Waals surface area contributed by atoms with Crippen molar-refractivity contribution in [1.82, 2.24) is 0 Å². The lowest BCUT2D eigenvalue weighted by Gasteiger charge is -2.31. The van der Waals surface area contributed by atoms with Crippen molar-refractivity contribution in [2.45, 2.75) is 6.10 Å². The summed E-state index contributed by atoms with van der Waals surface area (Å²) < 4.78 is 5.22. The van der Waals surface area contributed by atoms with Crippen molar-refractivity contribution in [2.75, 3.05) is 25.5 Å². The van der Waals surface area contributed by atoms with E-state index in [9.17, 15) is 5.11 Å². The van der Waals surface area contributed by atoms with Crippen LogP contribution in [-0.4, -0.2) is 25.3 Å². The lowest BCUT2D eigenvalue weighted by atomic mass is 9.90. The van der Waals surface area contributed by atoms with Gasteiger partial charge < -0.3 is 20.9 Å². The minimum Gasteiger partial charge on any atom is -0.495 e. The molecule has 0 aromatic heterocycles. The van der Waals surface area contributed by atoms with Gasteiger partial charge in [0.15, 0.2) is 0 Å². The van der Waals surface area contributed by atoms with Gasteiger partial charge in [0, 0.05) is 18.0 Å². The molecule has 0 spiro atoms. The van der Waals surface area contributed by atoms with Crippen LogP contribution in [0.3, 0.4) is 0 Å². The van der Waals surface area contributed by atoms with Crippen LogP contribution in [-0.2, 0) is 0 Å². The van der Waals surface area contributed by atoms with Gasteiger partial charge in [-0.05, 0) is 12.6 Å². The number of para-hydroxylation sites is 1. The molecule has 0 saturated heterocycles. The van der Waals surface area contributed by atoms with Crippen LogP contribution in [0.15, 0.2) is 18.2 Å². The molecule has 0 fully saturated rings. The molecule has 2 atom stereocenters. The summed E-state index contributed by atoms with van der Waals surface area (Å²) >= 11 is 0. The van der Waals surface area contributed by atoms with E-state index in [2.05, 4.69) is 5.32 Å². The average Bonchev–Trinajstić information content (AvgIpc) is 2.29. The molecule has 4 N–H and O–H groups in total. The fourth-order valence-electron chi connectivity index (χ4n) is 1.96. The molecular formula is C11H16N2O2. The second-order valence-electron chi connectivity index (χ2n) is 3.75. The molecular weight excluding hydrogens is 192 g/mol. The summed E-state index contributed by atoms with van der Waals surface area (Å²) in [5, 5.41) is 13.3. The van der Waals surface area contributed by atoms with Gasteiger partial charge in [0.2, 0.25) is 0 Å². The van der Waals surface area contributed by atoms with E-state index in [0.29, 0.717) is 13.1 Å². The largest absolute Gasteiger partial charge is 0.495 e. The molecule has 1 aromatic carbocycles. The number of aliphatic hydroxyl groups excluding tert-OH is 1. The quantitative estimate of drug-likeness (QED) is 0.670. The number of methoxy groups -OCH3 is 1. The highest BCUT2D eigenvalue weighted by molar-refractivity contribution is 5.64. The number of rotatable bonds is 2. The Balaban J connectivity index is 2.40. The normalized spacial score (nSPS) is 24.2. The topological polar surface area (TPSA) is 67.5 Å². The molecule has 15 heavy (non-hydrogen) atoms. The maximum Gasteiger partial charge on any atom is 0.142 e. The molecule has 0 unspecified atom stereocenters. The van der Waals surface area contributed by atoms with Gasteiger partial charge in [0.1, 0.15) is 5.75 Å². The Kier molecular flexibility index (Phi) is 2.79. The van der Waals surface area contributed by atoms with Gasteiger partial charge in [0.25, 0.3) is 0 Å². The summed E-state index contributed by atoms with van der Waals surface area (Å²) in [5.41, 5.74) is 7.35. The van der Waals surface area contributed by atoms with Gasteiger partial charge in [-0.15, -0.1) is 0 Å². The first-order valence-electron chi connectivity index (χ1n) is 5.06. The lowest BCUT2D eigenvalue weighted by Crippen LogP contribution is -2.33. The zero-order valence-corrected chi connectivity index (χ0v) is 8.73. The van der Waals surface area contributed by atoms with E-state index < -0.39 is 6.10 Å². The Hall–Kier alpha value is -1.26. The summed E-state index contributed by atoms with van der Waals surface area (Å²) in [7, 11) is 1.62. The number of nitrogens with two attached hydrogens (primary N) is 1. The zero-order chi connectivity index (χ0) is 10.8. The Morgan fingerprint density at radius 1 is 1.60 bits per heavy atom. The molecule has 0 aliphatic carbocycles. The summed E-state index contributed by atoms with van der Waals surface area (Å²) in [4.78, 5) is 0. The SMILES string of the molecule is COc1cccc2c1NC[C@@H](CN)[C@H]2O. The molecule has 0 amide bonds. The van der Waals surface area contributed by atoms with Crippen LogP contribution in [0.25, 0.3) is 0 Å². The summed E-state index contributed by atoms with van der Waals surface area (Å²) in [6.45, 7) is 1.16. The van der Waals surface area contributed by atoms with Crippen LogP contribution in [0.5, 0.6) is 5.75 Å². The average molecular weight is 208 g/mol. The van der Waals surface area contributed by atoms with E-state index in [1.54, 1.807) is 7.11 Å². The predicted molar refractivity (Wildman–Crippen MR) is 59.0 cm³/mol. The third-order valence-corrected chi connectivity index (χ3v) is 2.89. The number of ether oxygens (including phenoxy) is 1. The Labute approximate surface area is 89.0 Å². The first kappa shape index (κ1) is 10.3. The van der Waals surface area contributed by atoms with Gasteiger partial charge in [-0.1, -0.05) is 12.1 Å². The molecule has 4 nitrogen and oxygen atoms in total. The smallest absolute Gasteiger partial charge is 0.142 e. The number of hydrogen-bond acceptors (Lipinski definition) is 4. The van der Waals surface area contributed by atoms with Gasteiger partial charge in [-0.25, -0.2) is 0 Å². The molecule has 82 valence electrons. The van der Waals surface area contributed by atoms with E-state index in [1.165, 1.54) is 0 Å². The molecule has 1 aliphatic heterocycles. The highest BCUT2D eigenvalue weighted by Crippen LogP contribution is 2.38. The van der Waals surface area contributed by atoms with E-state index in [1.807, 2.05) is 18.2 Å². The maximum atomic E-state index is 10.1. The Morgan fingerprint density at radius 2 is 2.40 bits per heavy atom. The number of benzene rings is 1. The van der Waals surface area contributed by atoms with Crippen LogP contribution in [0.1, 0.15) is 11.7 Å². The van der Waals surface area contributed by atoms with Crippen LogP contribution >= 0.6 is 0 Å². The van der Waals surface area contributed by atoms with Crippen molar-refractivity contribution in [3.8, 4) is 5.75 Å². The number of nitrogens with one attached hydrogen (secondary N) is 1. The molecule has 1 aliphatic rings. The predicted octanol–water partition coefficient (Wildman–Crippen LogP) is 0.729. The molecule has 1 aromatic rings. The molecule has 4 heteroatoms. The minimum atomic E-state index is -0.499. The lowest BCUT2D eigenvalue weighted by molar-refractivity contribution is 0.114. The van der Waals surface area contributed by atoms with Crippen LogP contribution < -0.4 is 15.8 Å². The van der Waals surface area contributed by atoms with Crippen molar-refractivity contribution < 1.29 is 9.84 Å². The monoisotopic (exact) mass is 208 g/mol. The fraction of sp³-hybridized carbons (Fsp3) is 0.455. The van der Waals surface area contributed by atoms with Gasteiger partial charge in [0.05, 0.1) is 18.9 Å². The Morgan fingerprint density at radius 3 is 3.07 bits per heavy atom. The fourth-order valence-corrected chi connectivity index (χ4v) is 1.96. The standard InChI is InChI=1S/C11H16N2O2/c1-15-9-4-2-3-8-10(9)13-6-7(5-12)11(8)14/h2-4,7,11,13-14H,5-6,12H2,1H3/t7-,11-/m1/s1. The van der Waals surface area contributed by atoms with Gasteiger partial charge in [-0.2, -0.15) is 0 Å².